The molecule has 3 rings (SSSR count). The molecule has 0 bridgehead atoms. The molecule has 1 unspecified atom stereocenters. The van der Waals surface area contributed by atoms with E-state index in [4.69, 9.17) is 4.74 Å². The van der Waals surface area contributed by atoms with E-state index in [0.29, 0.717) is 16.8 Å². The molecule has 0 N–H and O–H groups in total. The summed E-state index contributed by atoms with van der Waals surface area (Å²) in [7, 11) is 3.12. The summed E-state index contributed by atoms with van der Waals surface area (Å²) >= 11 is 0. The molecule has 2 saturated carbocycles. The standard InChI is InChI=1S/C23H34N2O4/c1-14-19(15(2)24(4)20(14)23(28)29-5)21(26)16(3)25(18-12-7-6-8-13-18)22(27)17-10-9-11-17/h16-18H,6-13H2,1-5H3. The van der Waals surface area contributed by atoms with Gasteiger partial charge in [0, 0.05) is 30.3 Å². The molecular weight excluding hydrogens is 368 g/mol. The van der Waals surface area contributed by atoms with E-state index >= 15 is 0 Å². The van der Waals surface area contributed by atoms with Crippen molar-refractivity contribution in [3.8, 4) is 0 Å². The molecule has 29 heavy (non-hydrogen) atoms. The maximum Gasteiger partial charge on any atom is 0.354 e. The normalized spacial score (nSPS) is 18.8. The first-order valence-corrected chi connectivity index (χ1v) is 10.9. The van der Waals surface area contributed by atoms with Gasteiger partial charge in [0.15, 0.2) is 5.78 Å². The fourth-order valence-electron chi connectivity index (χ4n) is 4.97. The second kappa shape index (κ2) is 8.72. The summed E-state index contributed by atoms with van der Waals surface area (Å²) < 4.78 is 6.63. The first kappa shape index (κ1) is 21.6. The van der Waals surface area contributed by atoms with Crippen LogP contribution < -0.4 is 0 Å². The number of hydrogen-bond donors (Lipinski definition) is 0. The van der Waals surface area contributed by atoms with Gasteiger partial charge in [-0.15, -0.1) is 0 Å². The van der Waals surface area contributed by atoms with Crippen LogP contribution in [-0.2, 0) is 16.6 Å². The van der Waals surface area contributed by atoms with E-state index in [1.54, 1.807) is 18.5 Å². The number of rotatable bonds is 6. The molecule has 2 fully saturated rings. The first-order valence-electron chi connectivity index (χ1n) is 10.9. The molecule has 6 nitrogen and oxygen atoms in total. The second-order valence-corrected chi connectivity index (χ2v) is 8.69. The van der Waals surface area contributed by atoms with E-state index in [1.165, 1.54) is 13.5 Å². The van der Waals surface area contributed by atoms with Crippen LogP contribution in [0.15, 0.2) is 0 Å². The van der Waals surface area contributed by atoms with Crippen LogP contribution in [0.3, 0.4) is 0 Å². The van der Waals surface area contributed by atoms with Crippen molar-refractivity contribution in [3.05, 3.63) is 22.5 Å². The zero-order valence-electron chi connectivity index (χ0n) is 18.4. The molecule has 2 aliphatic carbocycles. The molecule has 1 atom stereocenters. The van der Waals surface area contributed by atoms with Crippen molar-refractivity contribution in [1.29, 1.82) is 0 Å². The van der Waals surface area contributed by atoms with Gasteiger partial charge in [0.25, 0.3) is 0 Å². The van der Waals surface area contributed by atoms with Gasteiger partial charge in [-0.25, -0.2) is 4.79 Å². The average molecular weight is 403 g/mol. The summed E-state index contributed by atoms with van der Waals surface area (Å²) in [5.74, 6) is -0.322. The highest BCUT2D eigenvalue weighted by molar-refractivity contribution is 6.06. The van der Waals surface area contributed by atoms with Crippen LogP contribution in [0.4, 0.5) is 0 Å². The molecule has 0 radical (unpaired) electrons. The van der Waals surface area contributed by atoms with E-state index < -0.39 is 12.0 Å². The number of carbonyl (C=O) groups excluding carboxylic acids is 3. The Kier molecular flexibility index (Phi) is 6.49. The predicted molar refractivity (Wildman–Crippen MR) is 111 cm³/mol. The number of amides is 1. The molecule has 1 aromatic rings. The van der Waals surface area contributed by atoms with Crippen molar-refractivity contribution in [1.82, 2.24) is 9.47 Å². The summed E-state index contributed by atoms with van der Waals surface area (Å²) in [4.78, 5) is 41.0. The van der Waals surface area contributed by atoms with Gasteiger partial charge in [-0.1, -0.05) is 25.7 Å². The van der Waals surface area contributed by atoms with Gasteiger partial charge in [-0.3, -0.25) is 9.59 Å². The highest BCUT2D eigenvalue weighted by Gasteiger charge is 2.39. The van der Waals surface area contributed by atoms with Crippen molar-refractivity contribution in [2.75, 3.05) is 7.11 Å². The largest absolute Gasteiger partial charge is 0.464 e. The van der Waals surface area contributed by atoms with Crippen LogP contribution in [-0.4, -0.2) is 46.3 Å². The molecule has 1 amide bonds. The summed E-state index contributed by atoms with van der Waals surface area (Å²) in [6, 6.07) is -0.392. The van der Waals surface area contributed by atoms with Gasteiger partial charge >= 0.3 is 5.97 Å². The van der Waals surface area contributed by atoms with Gasteiger partial charge in [-0.05, 0) is 52.0 Å². The molecule has 6 heteroatoms. The molecule has 0 aromatic carbocycles. The molecule has 0 aliphatic heterocycles. The summed E-state index contributed by atoms with van der Waals surface area (Å²) in [6.07, 6.45) is 8.30. The van der Waals surface area contributed by atoms with Gasteiger partial charge < -0.3 is 14.2 Å². The summed E-state index contributed by atoms with van der Waals surface area (Å²) in [5, 5.41) is 0. The molecule has 1 aromatic heterocycles. The monoisotopic (exact) mass is 402 g/mol. The Morgan fingerprint density at radius 1 is 1.03 bits per heavy atom. The van der Waals surface area contributed by atoms with Gasteiger partial charge in [0.2, 0.25) is 5.91 Å². The number of ether oxygens (including phenoxy) is 1. The maximum absolute atomic E-state index is 13.6. The third kappa shape index (κ3) is 3.86. The summed E-state index contributed by atoms with van der Waals surface area (Å²) in [5.41, 5.74) is 2.31. The van der Waals surface area contributed by atoms with E-state index in [-0.39, 0.29) is 23.7 Å². The number of aromatic nitrogens is 1. The van der Waals surface area contributed by atoms with Crippen LogP contribution in [0.1, 0.15) is 90.4 Å². The Balaban J connectivity index is 1.95. The van der Waals surface area contributed by atoms with Gasteiger partial charge in [0.05, 0.1) is 13.2 Å². The lowest BCUT2D eigenvalue weighted by molar-refractivity contribution is -0.142. The Labute approximate surface area is 173 Å². The fraction of sp³-hybridized carbons (Fsp3) is 0.696. The molecule has 2 aliphatic rings. The first-order chi connectivity index (χ1) is 13.8. The highest BCUT2D eigenvalue weighted by atomic mass is 16.5. The number of ketones is 1. The molecule has 0 spiro atoms. The Bertz CT molecular complexity index is 800. The molecule has 160 valence electrons. The van der Waals surface area contributed by atoms with Gasteiger partial charge in [0.1, 0.15) is 5.69 Å². The Morgan fingerprint density at radius 2 is 1.66 bits per heavy atom. The van der Waals surface area contributed by atoms with Crippen molar-refractivity contribution in [2.45, 2.75) is 84.2 Å². The van der Waals surface area contributed by atoms with Crippen molar-refractivity contribution in [2.24, 2.45) is 13.0 Å². The van der Waals surface area contributed by atoms with E-state index in [2.05, 4.69) is 0 Å². The zero-order valence-corrected chi connectivity index (χ0v) is 18.4. The van der Waals surface area contributed by atoms with E-state index in [1.807, 2.05) is 18.7 Å². The average Bonchev–Trinajstić information content (AvgIpc) is 2.89. The Morgan fingerprint density at radius 3 is 2.17 bits per heavy atom. The quantitative estimate of drug-likeness (QED) is 0.533. The minimum atomic E-state index is -0.531. The minimum absolute atomic E-state index is 0.0655. The molecule has 0 saturated heterocycles. The second-order valence-electron chi connectivity index (χ2n) is 8.69. The topological polar surface area (TPSA) is 68.6 Å². The predicted octanol–water partition coefficient (Wildman–Crippen LogP) is 3.96. The van der Waals surface area contributed by atoms with Gasteiger partial charge in [-0.2, -0.15) is 0 Å². The SMILES string of the molecule is COC(=O)c1c(C)c(C(=O)C(C)N(C(=O)C2CCC2)C2CCCCC2)c(C)n1C. The number of Topliss-reactive ketones (excluding diaryl/α,β-unsaturated/α-hetero) is 1. The number of nitrogens with zero attached hydrogens (tertiary/aromatic N) is 2. The minimum Gasteiger partial charge on any atom is -0.464 e. The van der Waals surface area contributed by atoms with E-state index in [9.17, 15) is 14.4 Å². The third-order valence-corrected chi connectivity index (χ3v) is 7.03. The number of methoxy groups -OCH3 is 1. The number of carbonyl (C=O) groups is 3. The smallest absolute Gasteiger partial charge is 0.354 e. The third-order valence-electron chi connectivity index (χ3n) is 7.03. The van der Waals surface area contributed by atoms with Crippen molar-refractivity contribution in [3.63, 3.8) is 0 Å². The van der Waals surface area contributed by atoms with E-state index in [0.717, 1.165) is 50.6 Å². The van der Waals surface area contributed by atoms with Crippen LogP contribution in [0, 0.1) is 19.8 Å². The number of hydrogen-bond acceptors (Lipinski definition) is 4. The van der Waals surface area contributed by atoms with Crippen molar-refractivity contribution >= 4 is 17.7 Å². The lowest BCUT2D eigenvalue weighted by Crippen LogP contribution is -2.53. The molecule has 1 heterocycles. The lowest BCUT2D eigenvalue weighted by atomic mass is 9.82. The zero-order chi connectivity index (χ0) is 21.3. The van der Waals surface area contributed by atoms with Crippen LogP contribution in [0.25, 0.3) is 0 Å². The van der Waals surface area contributed by atoms with Crippen LogP contribution >= 0.6 is 0 Å². The fourth-order valence-corrected chi connectivity index (χ4v) is 4.97. The van der Waals surface area contributed by atoms with Crippen molar-refractivity contribution < 1.29 is 19.1 Å². The van der Waals surface area contributed by atoms with Crippen LogP contribution in [0.5, 0.6) is 0 Å². The molecular formula is C23H34N2O4. The number of esters is 1. The Hall–Kier alpha value is -2.11. The lowest BCUT2D eigenvalue weighted by Gasteiger charge is -2.41. The van der Waals surface area contributed by atoms with Crippen LogP contribution in [0.2, 0.25) is 0 Å². The highest BCUT2D eigenvalue weighted by Crippen LogP contribution is 2.34. The summed E-state index contributed by atoms with van der Waals surface area (Å²) in [6.45, 7) is 5.49. The maximum atomic E-state index is 13.6.